The number of nitrogens with zero attached hydrogens (tertiary/aromatic N) is 1. The molecule has 0 spiro atoms. The van der Waals surface area contributed by atoms with Crippen molar-refractivity contribution < 1.29 is 19.2 Å². The zero-order chi connectivity index (χ0) is 21.2. The van der Waals surface area contributed by atoms with E-state index in [1.165, 1.54) is 6.07 Å². The fourth-order valence-electron chi connectivity index (χ4n) is 2.71. The van der Waals surface area contributed by atoms with E-state index in [9.17, 15) is 19.7 Å². The Bertz CT molecular complexity index is 842. The van der Waals surface area contributed by atoms with Crippen LogP contribution in [0.4, 0.5) is 5.69 Å². The third-order valence-corrected chi connectivity index (χ3v) is 4.94. The van der Waals surface area contributed by atoms with E-state index in [2.05, 4.69) is 5.32 Å². The number of rotatable bonds is 10. The van der Waals surface area contributed by atoms with Crippen LogP contribution in [-0.4, -0.2) is 28.7 Å². The van der Waals surface area contributed by atoms with Crippen LogP contribution < -0.4 is 5.32 Å². The Balaban J connectivity index is 2.07. The molecule has 0 saturated carbocycles. The van der Waals surface area contributed by atoms with Crippen LogP contribution in [0.3, 0.4) is 0 Å². The van der Waals surface area contributed by atoms with Crippen molar-refractivity contribution in [1.82, 2.24) is 5.32 Å². The van der Waals surface area contributed by atoms with E-state index in [0.29, 0.717) is 5.75 Å². The van der Waals surface area contributed by atoms with E-state index in [1.807, 2.05) is 30.3 Å². The first kappa shape index (κ1) is 22.4. The van der Waals surface area contributed by atoms with Crippen LogP contribution in [0.5, 0.6) is 0 Å². The number of benzene rings is 2. The number of para-hydroxylation sites is 1. The normalized spacial score (nSPS) is 11.7. The second-order valence-electron chi connectivity index (χ2n) is 6.59. The Kier molecular flexibility index (Phi) is 8.67. The number of carbonyl (C=O) groups is 2. The van der Waals surface area contributed by atoms with Gasteiger partial charge in [-0.15, -0.1) is 11.8 Å². The minimum absolute atomic E-state index is 0.145. The van der Waals surface area contributed by atoms with Crippen molar-refractivity contribution in [3.63, 3.8) is 0 Å². The van der Waals surface area contributed by atoms with Crippen molar-refractivity contribution in [2.24, 2.45) is 0 Å². The van der Waals surface area contributed by atoms with Gasteiger partial charge in [0.1, 0.15) is 0 Å². The number of hydrogen-bond acceptors (Lipinski definition) is 6. The first-order valence-electron chi connectivity index (χ1n) is 9.27. The third-order valence-electron chi connectivity index (χ3n) is 3.92. The quantitative estimate of drug-likeness (QED) is 0.269. The summed E-state index contributed by atoms with van der Waals surface area (Å²) in [5.74, 6) is -0.258. The maximum Gasteiger partial charge on any atom is 0.308 e. The second kappa shape index (κ2) is 11.2. The van der Waals surface area contributed by atoms with Gasteiger partial charge in [0.15, 0.2) is 0 Å². The molecule has 1 N–H and O–H groups in total. The molecule has 1 amide bonds. The average molecular weight is 416 g/mol. The van der Waals surface area contributed by atoms with Crippen molar-refractivity contribution in [2.45, 2.75) is 43.7 Å². The van der Waals surface area contributed by atoms with Crippen molar-refractivity contribution in [1.29, 1.82) is 0 Å². The molecular weight excluding hydrogens is 392 g/mol. The summed E-state index contributed by atoms with van der Waals surface area (Å²) in [6.07, 6.45) is -0.275. The van der Waals surface area contributed by atoms with E-state index in [0.717, 1.165) is 4.90 Å². The minimum Gasteiger partial charge on any atom is -0.463 e. The van der Waals surface area contributed by atoms with Crippen LogP contribution in [0, 0.1) is 10.1 Å². The Morgan fingerprint density at radius 2 is 1.76 bits per heavy atom. The summed E-state index contributed by atoms with van der Waals surface area (Å²) in [4.78, 5) is 36.5. The molecule has 1 atom stereocenters. The lowest BCUT2D eigenvalue weighted by Crippen LogP contribution is -2.31. The van der Waals surface area contributed by atoms with Crippen LogP contribution in [-0.2, 0) is 14.3 Å². The highest BCUT2D eigenvalue weighted by Gasteiger charge is 2.26. The van der Waals surface area contributed by atoms with E-state index in [-0.39, 0.29) is 36.1 Å². The zero-order valence-electron chi connectivity index (χ0n) is 16.4. The molecule has 2 aromatic rings. The Hall–Kier alpha value is -2.87. The molecule has 7 nitrogen and oxygen atoms in total. The predicted octanol–water partition coefficient (Wildman–Crippen LogP) is 4.28. The maximum absolute atomic E-state index is 12.5. The zero-order valence-corrected chi connectivity index (χ0v) is 17.2. The molecule has 0 fully saturated rings. The van der Waals surface area contributed by atoms with Crippen LogP contribution in [0.25, 0.3) is 0 Å². The van der Waals surface area contributed by atoms with Gasteiger partial charge in [-0.05, 0) is 26.0 Å². The molecule has 0 aliphatic heterocycles. The molecule has 0 radical (unpaired) electrons. The molecule has 29 heavy (non-hydrogen) atoms. The smallest absolute Gasteiger partial charge is 0.308 e. The molecule has 0 aliphatic rings. The second-order valence-corrected chi connectivity index (χ2v) is 7.76. The number of carbonyl (C=O) groups excluding carboxylic acids is 2. The van der Waals surface area contributed by atoms with Crippen LogP contribution in [0.15, 0.2) is 59.5 Å². The van der Waals surface area contributed by atoms with Gasteiger partial charge in [-0.2, -0.15) is 0 Å². The van der Waals surface area contributed by atoms with Gasteiger partial charge in [0.25, 0.3) is 5.69 Å². The molecule has 154 valence electrons. The number of nitro benzene ring substituents is 1. The average Bonchev–Trinajstić information content (AvgIpc) is 2.67. The molecular formula is C21H24N2O5S. The first-order valence-corrected chi connectivity index (χ1v) is 10.3. The number of thioether (sulfide) groups is 1. The van der Waals surface area contributed by atoms with Gasteiger partial charge < -0.3 is 10.1 Å². The third kappa shape index (κ3) is 7.57. The van der Waals surface area contributed by atoms with Gasteiger partial charge in [-0.25, -0.2) is 0 Å². The lowest BCUT2D eigenvalue weighted by molar-refractivity contribution is -0.385. The van der Waals surface area contributed by atoms with Crippen molar-refractivity contribution in [3.05, 3.63) is 70.3 Å². The van der Waals surface area contributed by atoms with E-state index >= 15 is 0 Å². The first-order chi connectivity index (χ1) is 13.9. The van der Waals surface area contributed by atoms with Gasteiger partial charge in [0.05, 0.1) is 29.1 Å². The highest BCUT2D eigenvalue weighted by molar-refractivity contribution is 7.99. The topological polar surface area (TPSA) is 98.5 Å². The van der Waals surface area contributed by atoms with Crippen LogP contribution in [0.2, 0.25) is 0 Å². The van der Waals surface area contributed by atoms with E-state index in [1.54, 1.807) is 43.8 Å². The number of hydrogen-bond donors (Lipinski definition) is 1. The van der Waals surface area contributed by atoms with Gasteiger partial charge >= 0.3 is 5.97 Å². The molecule has 0 saturated heterocycles. The van der Waals surface area contributed by atoms with Gasteiger partial charge in [0, 0.05) is 23.1 Å². The molecule has 2 aromatic carbocycles. The van der Waals surface area contributed by atoms with Gasteiger partial charge in [0.2, 0.25) is 5.91 Å². The van der Waals surface area contributed by atoms with Gasteiger partial charge in [-0.1, -0.05) is 36.4 Å². The monoisotopic (exact) mass is 416 g/mol. The fourth-order valence-corrected chi connectivity index (χ4v) is 3.58. The van der Waals surface area contributed by atoms with E-state index < -0.39 is 16.9 Å². The summed E-state index contributed by atoms with van der Waals surface area (Å²) in [5, 5.41) is 14.1. The van der Waals surface area contributed by atoms with Crippen molar-refractivity contribution >= 4 is 29.3 Å². The standard InChI is InChI=1S/C21H24N2O5S/c1-15(2)28-21(25)14-18(17-10-6-7-11-19(17)23(26)27)22-20(24)12-13-29-16-8-4-3-5-9-16/h3-11,15,18H,12-14H2,1-2H3,(H,22,24). The number of ether oxygens (including phenoxy) is 1. The molecule has 0 aromatic heterocycles. The van der Waals surface area contributed by atoms with Crippen molar-refractivity contribution in [3.8, 4) is 0 Å². The molecule has 0 aliphatic carbocycles. The lowest BCUT2D eigenvalue weighted by atomic mass is 10.0. The minimum atomic E-state index is -0.836. The van der Waals surface area contributed by atoms with Crippen LogP contribution in [0.1, 0.15) is 38.3 Å². The summed E-state index contributed by atoms with van der Waals surface area (Å²) in [6, 6.07) is 14.9. The predicted molar refractivity (Wildman–Crippen MR) is 112 cm³/mol. The number of nitro groups is 1. The summed E-state index contributed by atoms with van der Waals surface area (Å²) < 4.78 is 5.16. The Morgan fingerprint density at radius 1 is 1.10 bits per heavy atom. The number of esters is 1. The van der Waals surface area contributed by atoms with Crippen LogP contribution >= 0.6 is 11.8 Å². The summed E-state index contributed by atoms with van der Waals surface area (Å²) in [5.41, 5.74) is 0.135. The number of amides is 1. The SMILES string of the molecule is CC(C)OC(=O)CC(NC(=O)CCSc1ccccc1)c1ccccc1[N+](=O)[O-]. The molecule has 2 rings (SSSR count). The summed E-state index contributed by atoms with van der Waals surface area (Å²) in [7, 11) is 0. The molecule has 1 unspecified atom stereocenters. The Labute approximate surface area is 174 Å². The summed E-state index contributed by atoms with van der Waals surface area (Å²) in [6.45, 7) is 3.44. The molecule has 8 heteroatoms. The Morgan fingerprint density at radius 3 is 2.41 bits per heavy atom. The van der Waals surface area contributed by atoms with Crippen molar-refractivity contribution in [2.75, 3.05) is 5.75 Å². The lowest BCUT2D eigenvalue weighted by Gasteiger charge is -2.19. The fraction of sp³-hybridized carbons (Fsp3) is 0.333. The largest absolute Gasteiger partial charge is 0.463 e. The highest BCUT2D eigenvalue weighted by atomic mass is 32.2. The number of nitrogens with one attached hydrogen (secondary N) is 1. The maximum atomic E-state index is 12.5. The van der Waals surface area contributed by atoms with E-state index in [4.69, 9.17) is 4.74 Å². The molecule has 0 heterocycles. The van der Waals surface area contributed by atoms with Gasteiger partial charge in [-0.3, -0.25) is 19.7 Å². The highest BCUT2D eigenvalue weighted by Crippen LogP contribution is 2.28. The summed E-state index contributed by atoms with van der Waals surface area (Å²) >= 11 is 1.54. The molecule has 0 bridgehead atoms.